The van der Waals surface area contributed by atoms with Gasteiger partial charge in [-0.15, -0.1) is 0 Å². The fraction of sp³-hybridized carbons (Fsp3) is 0.0769. The van der Waals surface area contributed by atoms with Crippen molar-refractivity contribution < 1.29 is 14.3 Å². The Labute approximate surface area is 98.8 Å². The van der Waals surface area contributed by atoms with Crippen molar-refractivity contribution in [3.05, 3.63) is 48.3 Å². The number of hydrogen-bond acceptors (Lipinski definition) is 4. The third-order valence-corrected chi connectivity index (χ3v) is 2.17. The van der Waals surface area contributed by atoms with Crippen LogP contribution in [-0.2, 0) is 0 Å². The molecule has 86 valence electrons. The lowest BCUT2D eigenvalue weighted by Crippen LogP contribution is -1.88. The van der Waals surface area contributed by atoms with Gasteiger partial charge in [0, 0.05) is 11.8 Å². The summed E-state index contributed by atoms with van der Waals surface area (Å²) in [7, 11) is 1.60. The SMILES string of the molecule is COc1ccc(Oc2cncc(C=O)c2)cc1. The summed E-state index contributed by atoms with van der Waals surface area (Å²) >= 11 is 0. The van der Waals surface area contributed by atoms with Crippen molar-refractivity contribution in [3.8, 4) is 17.2 Å². The number of carbonyl (C=O) groups excluding carboxylic acids is 1. The standard InChI is InChI=1S/C13H11NO3/c1-16-11-2-4-12(5-3-11)17-13-6-10(9-15)7-14-8-13/h2-9H,1H3. The van der Waals surface area contributed by atoms with Gasteiger partial charge in [-0.25, -0.2) is 0 Å². The zero-order valence-electron chi connectivity index (χ0n) is 9.29. The molecule has 4 nitrogen and oxygen atoms in total. The zero-order valence-corrected chi connectivity index (χ0v) is 9.29. The van der Waals surface area contributed by atoms with Crippen LogP contribution >= 0.6 is 0 Å². The molecule has 1 heterocycles. The summed E-state index contributed by atoms with van der Waals surface area (Å²) in [5.41, 5.74) is 0.482. The number of hydrogen-bond donors (Lipinski definition) is 0. The predicted molar refractivity (Wildman–Crippen MR) is 62.7 cm³/mol. The zero-order chi connectivity index (χ0) is 12.1. The van der Waals surface area contributed by atoms with Crippen molar-refractivity contribution in [2.24, 2.45) is 0 Å². The van der Waals surface area contributed by atoms with Crippen LogP contribution in [0.5, 0.6) is 17.2 Å². The molecule has 0 bridgehead atoms. The van der Waals surface area contributed by atoms with Crippen molar-refractivity contribution in [2.45, 2.75) is 0 Å². The Kier molecular flexibility index (Phi) is 3.35. The summed E-state index contributed by atoms with van der Waals surface area (Å²) in [5, 5.41) is 0. The number of ether oxygens (including phenoxy) is 2. The maximum atomic E-state index is 10.6. The molecule has 1 aromatic heterocycles. The Balaban J connectivity index is 2.16. The molecule has 0 aliphatic rings. The molecule has 0 fully saturated rings. The first-order chi connectivity index (χ1) is 8.31. The Bertz CT molecular complexity index is 508. The molecule has 2 rings (SSSR count). The van der Waals surface area contributed by atoms with Gasteiger partial charge in [-0.3, -0.25) is 9.78 Å². The van der Waals surface area contributed by atoms with Gasteiger partial charge in [0.25, 0.3) is 0 Å². The second-order valence-corrected chi connectivity index (χ2v) is 3.35. The maximum Gasteiger partial charge on any atom is 0.151 e. The first-order valence-electron chi connectivity index (χ1n) is 5.04. The largest absolute Gasteiger partial charge is 0.497 e. The molecule has 0 spiro atoms. The number of pyridine rings is 1. The highest BCUT2D eigenvalue weighted by atomic mass is 16.5. The van der Waals surface area contributed by atoms with Crippen molar-refractivity contribution in [2.75, 3.05) is 7.11 Å². The lowest BCUT2D eigenvalue weighted by molar-refractivity contribution is 0.112. The summed E-state index contributed by atoms with van der Waals surface area (Å²) < 4.78 is 10.6. The van der Waals surface area contributed by atoms with Crippen LogP contribution < -0.4 is 9.47 Å². The predicted octanol–water partition coefficient (Wildman–Crippen LogP) is 2.70. The number of aromatic nitrogens is 1. The lowest BCUT2D eigenvalue weighted by Gasteiger charge is -2.06. The summed E-state index contributed by atoms with van der Waals surface area (Å²) in [6.45, 7) is 0. The summed E-state index contributed by atoms with van der Waals surface area (Å²) in [4.78, 5) is 14.5. The minimum Gasteiger partial charge on any atom is -0.497 e. The van der Waals surface area contributed by atoms with E-state index in [1.807, 2.05) is 0 Å². The highest BCUT2D eigenvalue weighted by Crippen LogP contribution is 2.23. The second-order valence-electron chi connectivity index (χ2n) is 3.35. The van der Waals surface area contributed by atoms with Gasteiger partial charge in [-0.2, -0.15) is 0 Å². The van der Waals surface area contributed by atoms with E-state index in [-0.39, 0.29) is 0 Å². The van der Waals surface area contributed by atoms with Crippen LogP contribution in [0, 0.1) is 0 Å². The third-order valence-electron chi connectivity index (χ3n) is 2.17. The van der Waals surface area contributed by atoms with Crippen LogP contribution in [0.1, 0.15) is 10.4 Å². The molecule has 2 aromatic rings. The minimum atomic E-state index is 0.482. The Morgan fingerprint density at radius 3 is 2.41 bits per heavy atom. The number of methoxy groups -OCH3 is 1. The van der Waals surface area contributed by atoms with Gasteiger partial charge in [0.1, 0.15) is 17.2 Å². The van der Waals surface area contributed by atoms with Crippen LogP contribution in [0.4, 0.5) is 0 Å². The van der Waals surface area contributed by atoms with E-state index in [2.05, 4.69) is 4.98 Å². The first-order valence-corrected chi connectivity index (χ1v) is 5.04. The third kappa shape index (κ3) is 2.81. The monoisotopic (exact) mass is 229 g/mol. The average molecular weight is 229 g/mol. The topological polar surface area (TPSA) is 48.4 Å². The molecule has 1 aromatic carbocycles. The molecular weight excluding hydrogens is 218 g/mol. The van der Waals surface area contributed by atoms with Crippen LogP contribution in [0.2, 0.25) is 0 Å². The summed E-state index contributed by atoms with van der Waals surface area (Å²) in [6, 6.07) is 8.79. The molecule has 0 atom stereocenters. The fourth-order valence-electron chi connectivity index (χ4n) is 1.34. The van der Waals surface area contributed by atoms with Gasteiger partial charge in [0.15, 0.2) is 6.29 Å². The molecule has 17 heavy (non-hydrogen) atoms. The maximum absolute atomic E-state index is 10.6. The Hall–Kier alpha value is -2.36. The van der Waals surface area contributed by atoms with E-state index in [9.17, 15) is 4.79 Å². The number of carbonyl (C=O) groups is 1. The van der Waals surface area contributed by atoms with E-state index in [0.717, 1.165) is 12.0 Å². The highest BCUT2D eigenvalue weighted by molar-refractivity contribution is 5.74. The van der Waals surface area contributed by atoms with Crippen LogP contribution in [-0.4, -0.2) is 18.4 Å². The van der Waals surface area contributed by atoms with E-state index in [0.29, 0.717) is 17.1 Å². The molecule has 0 radical (unpaired) electrons. The molecule has 0 saturated carbocycles. The molecule has 0 aliphatic carbocycles. The van der Waals surface area contributed by atoms with E-state index in [1.165, 1.54) is 6.20 Å². The fourth-order valence-corrected chi connectivity index (χ4v) is 1.34. The van der Waals surface area contributed by atoms with Gasteiger partial charge in [-0.1, -0.05) is 0 Å². The van der Waals surface area contributed by atoms with Crippen molar-refractivity contribution in [1.29, 1.82) is 0 Å². The number of rotatable bonds is 4. The van der Waals surface area contributed by atoms with Crippen LogP contribution in [0.25, 0.3) is 0 Å². The minimum absolute atomic E-state index is 0.482. The van der Waals surface area contributed by atoms with Crippen molar-refractivity contribution in [3.63, 3.8) is 0 Å². The quantitative estimate of drug-likeness (QED) is 0.756. The normalized spacial score (nSPS) is 9.71. The Morgan fingerprint density at radius 1 is 1.06 bits per heavy atom. The molecule has 4 heteroatoms. The van der Waals surface area contributed by atoms with Gasteiger partial charge < -0.3 is 9.47 Å². The van der Waals surface area contributed by atoms with Crippen molar-refractivity contribution >= 4 is 6.29 Å². The molecule has 0 N–H and O–H groups in total. The second kappa shape index (κ2) is 5.12. The Morgan fingerprint density at radius 2 is 1.76 bits per heavy atom. The van der Waals surface area contributed by atoms with E-state index in [1.54, 1.807) is 43.6 Å². The van der Waals surface area contributed by atoms with Crippen LogP contribution in [0.15, 0.2) is 42.7 Å². The van der Waals surface area contributed by atoms with Gasteiger partial charge in [-0.05, 0) is 30.3 Å². The number of aldehydes is 1. The number of benzene rings is 1. The van der Waals surface area contributed by atoms with Gasteiger partial charge in [0.2, 0.25) is 0 Å². The summed E-state index contributed by atoms with van der Waals surface area (Å²) in [6.07, 6.45) is 3.76. The van der Waals surface area contributed by atoms with Crippen molar-refractivity contribution in [1.82, 2.24) is 4.98 Å². The molecule has 0 unspecified atom stereocenters. The molecule has 0 aliphatic heterocycles. The smallest absolute Gasteiger partial charge is 0.151 e. The van der Waals surface area contributed by atoms with Gasteiger partial charge in [0.05, 0.1) is 13.3 Å². The van der Waals surface area contributed by atoms with Gasteiger partial charge >= 0.3 is 0 Å². The highest BCUT2D eigenvalue weighted by Gasteiger charge is 1.99. The van der Waals surface area contributed by atoms with E-state index in [4.69, 9.17) is 9.47 Å². The van der Waals surface area contributed by atoms with Crippen LogP contribution in [0.3, 0.4) is 0 Å². The first kappa shape index (κ1) is 11.1. The molecular formula is C13H11NO3. The summed E-state index contributed by atoms with van der Waals surface area (Å²) in [5.74, 6) is 1.95. The van der Waals surface area contributed by atoms with E-state index < -0.39 is 0 Å². The van der Waals surface area contributed by atoms with E-state index >= 15 is 0 Å². The molecule has 0 saturated heterocycles. The molecule has 0 amide bonds. The average Bonchev–Trinajstić information content (AvgIpc) is 2.40. The number of nitrogens with zero attached hydrogens (tertiary/aromatic N) is 1. The lowest BCUT2D eigenvalue weighted by atomic mass is 10.3.